The maximum absolute atomic E-state index is 13.1. The van der Waals surface area contributed by atoms with Gasteiger partial charge < -0.3 is 19.8 Å². The molecule has 29 heavy (non-hydrogen) atoms. The summed E-state index contributed by atoms with van der Waals surface area (Å²) in [7, 11) is 6.41. The molecule has 1 amide bonds. The molecular weight excluding hydrogens is 364 g/mol. The van der Waals surface area contributed by atoms with Crippen LogP contribution in [0.4, 0.5) is 0 Å². The van der Waals surface area contributed by atoms with Crippen LogP contribution in [0.3, 0.4) is 0 Å². The van der Waals surface area contributed by atoms with Crippen molar-refractivity contribution in [1.82, 2.24) is 19.6 Å². The largest absolute Gasteiger partial charge is 0.396 e. The fourth-order valence-electron chi connectivity index (χ4n) is 4.72. The van der Waals surface area contributed by atoms with E-state index in [2.05, 4.69) is 48.0 Å². The summed E-state index contributed by atoms with van der Waals surface area (Å²) in [6, 6.07) is 8.70. The van der Waals surface area contributed by atoms with Crippen LogP contribution in [0.2, 0.25) is 0 Å². The van der Waals surface area contributed by atoms with Crippen LogP contribution in [0.1, 0.15) is 35.2 Å². The normalized spacial score (nSPS) is 24.2. The van der Waals surface area contributed by atoms with Crippen LogP contribution >= 0.6 is 0 Å². The van der Waals surface area contributed by atoms with Gasteiger partial charge in [-0.15, -0.1) is 0 Å². The monoisotopic (exact) mass is 402 g/mol. The lowest BCUT2D eigenvalue weighted by molar-refractivity contribution is 0.0495. The molecule has 2 aliphatic heterocycles. The molecular formula is C23H38N4O2. The molecule has 6 heteroatoms. The molecule has 2 fully saturated rings. The number of piperazine rings is 1. The molecule has 1 N–H and O–H groups in total. The summed E-state index contributed by atoms with van der Waals surface area (Å²) in [6.45, 7) is 7.22. The molecule has 0 radical (unpaired) electrons. The summed E-state index contributed by atoms with van der Waals surface area (Å²) in [5, 5.41) is 9.23. The molecule has 2 heterocycles. The number of carbonyl (C=O) groups is 1. The molecule has 0 spiro atoms. The first-order valence-corrected chi connectivity index (χ1v) is 11.0. The van der Waals surface area contributed by atoms with Gasteiger partial charge in [0.05, 0.1) is 0 Å². The van der Waals surface area contributed by atoms with Gasteiger partial charge in [-0.25, -0.2) is 0 Å². The third-order valence-electron chi connectivity index (χ3n) is 6.58. The Balaban J connectivity index is 1.58. The second-order valence-corrected chi connectivity index (χ2v) is 8.97. The Morgan fingerprint density at radius 2 is 1.79 bits per heavy atom. The Hall–Kier alpha value is -1.47. The number of likely N-dealkylation sites (tertiary alicyclic amines) is 1. The van der Waals surface area contributed by atoms with Crippen molar-refractivity contribution >= 4 is 5.91 Å². The van der Waals surface area contributed by atoms with Gasteiger partial charge in [-0.2, -0.15) is 0 Å². The zero-order valence-electron chi connectivity index (χ0n) is 18.4. The Morgan fingerprint density at radius 3 is 2.41 bits per heavy atom. The van der Waals surface area contributed by atoms with Crippen molar-refractivity contribution < 1.29 is 9.90 Å². The number of carbonyl (C=O) groups excluding carboxylic acids is 1. The molecule has 0 saturated carbocycles. The van der Waals surface area contributed by atoms with Crippen LogP contribution in [-0.2, 0) is 6.54 Å². The SMILES string of the molecule is CN1CCN(Cc2ccc(C(=O)N3CC[C@H](N(C)C)[C@H](CCCO)C3)cc2)CC1. The topological polar surface area (TPSA) is 50.3 Å². The van der Waals surface area contributed by atoms with Gasteiger partial charge in [0.1, 0.15) is 0 Å². The maximum atomic E-state index is 13.1. The number of amides is 1. The van der Waals surface area contributed by atoms with Crippen LogP contribution in [0.15, 0.2) is 24.3 Å². The fourth-order valence-corrected chi connectivity index (χ4v) is 4.72. The minimum Gasteiger partial charge on any atom is -0.396 e. The van der Waals surface area contributed by atoms with Crippen molar-refractivity contribution in [2.45, 2.75) is 31.8 Å². The highest BCUT2D eigenvalue weighted by Gasteiger charge is 2.32. The lowest BCUT2D eigenvalue weighted by atomic mass is 9.87. The Labute approximate surface area is 176 Å². The zero-order chi connectivity index (χ0) is 20.8. The van der Waals surface area contributed by atoms with Gasteiger partial charge in [-0.1, -0.05) is 12.1 Å². The smallest absolute Gasteiger partial charge is 0.253 e. The minimum absolute atomic E-state index is 0.141. The summed E-state index contributed by atoms with van der Waals surface area (Å²) < 4.78 is 0. The van der Waals surface area contributed by atoms with E-state index in [0.717, 1.165) is 70.6 Å². The van der Waals surface area contributed by atoms with E-state index >= 15 is 0 Å². The van der Waals surface area contributed by atoms with E-state index in [4.69, 9.17) is 0 Å². The van der Waals surface area contributed by atoms with Gasteiger partial charge >= 0.3 is 0 Å². The molecule has 2 atom stereocenters. The highest BCUT2D eigenvalue weighted by molar-refractivity contribution is 5.94. The number of hydrogen-bond donors (Lipinski definition) is 1. The van der Waals surface area contributed by atoms with Crippen LogP contribution in [-0.4, -0.2) is 104 Å². The van der Waals surface area contributed by atoms with Crippen LogP contribution in [0.5, 0.6) is 0 Å². The first kappa shape index (κ1) is 22.2. The van der Waals surface area contributed by atoms with E-state index in [0.29, 0.717) is 12.0 Å². The van der Waals surface area contributed by atoms with Crippen molar-refractivity contribution in [3.8, 4) is 0 Å². The molecule has 6 nitrogen and oxygen atoms in total. The highest BCUT2D eigenvalue weighted by Crippen LogP contribution is 2.26. The molecule has 3 rings (SSSR count). The molecule has 0 unspecified atom stereocenters. The first-order chi connectivity index (χ1) is 14.0. The summed E-state index contributed by atoms with van der Waals surface area (Å²) in [5.74, 6) is 0.564. The van der Waals surface area contributed by atoms with Crippen LogP contribution in [0, 0.1) is 5.92 Å². The Bertz CT molecular complexity index is 641. The number of aliphatic hydroxyl groups is 1. The van der Waals surface area contributed by atoms with Crippen molar-refractivity contribution in [2.75, 3.05) is 67.0 Å². The van der Waals surface area contributed by atoms with Gasteiger partial charge in [0.25, 0.3) is 5.91 Å². The number of nitrogens with zero attached hydrogens (tertiary/aromatic N) is 4. The Morgan fingerprint density at radius 1 is 1.10 bits per heavy atom. The van der Waals surface area contributed by atoms with Gasteiger partial charge in [-0.05, 0) is 64.0 Å². The molecule has 162 valence electrons. The summed E-state index contributed by atoms with van der Waals surface area (Å²) in [6.07, 6.45) is 2.77. The number of aliphatic hydroxyl groups excluding tert-OH is 1. The number of hydrogen-bond acceptors (Lipinski definition) is 5. The maximum Gasteiger partial charge on any atom is 0.253 e. The van der Waals surface area contributed by atoms with Crippen molar-refractivity contribution in [3.05, 3.63) is 35.4 Å². The second kappa shape index (κ2) is 10.5. The molecule has 2 saturated heterocycles. The minimum atomic E-state index is 0.141. The number of rotatable bonds is 7. The standard InChI is InChI=1S/C23H38N4O2/c1-24(2)22-10-11-27(18-21(22)5-4-16-28)23(29)20-8-6-19(7-9-20)17-26-14-12-25(3)13-15-26/h6-9,21-22,28H,4-5,10-18H2,1-3H3/t21-,22+/m1/s1. The molecule has 1 aromatic rings. The van der Waals surface area contributed by atoms with Gasteiger partial charge in [0.2, 0.25) is 0 Å². The van der Waals surface area contributed by atoms with Crippen molar-refractivity contribution in [1.29, 1.82) is 0 Å². The van der Waals surface area contributed by atoms with Gasteiger partial charge in [0, 0.05) is 64.0 Å². The molecule has 1 aromatic carbocycles. The van der Waals surface area contributed by atoms with E-state index in [1.165, 1.54) is 5.56 Å². The van der Waals surface area contributed by atoms with Crippen molar-refractivity contribution in [3.63, 3.8) is 0 Å². The van der Waals surface area contributed by atoms with Crippen molar-refractivity contribution in [2.24, 2.45) is 5.92 Å². The van der Waals surface area contributed by atoms with Crippen LogP contribution in [0.25, 0.3) is 0 Å². The number of benzene rings is 1. The number of piperidine rings is 1. The average Bonchev–Trinajstić information content (AvgIpc) is 2.73. The summed E-state index contributed by atoms with van der Waals surface area (Å²) in [5.41, 5.74) is 2.06. The fraction of sp³-hybridized carbons (Fsp3) is 0.696. The van der Waals surface area contributed by atoms with E-state index in [9.17, 15) is 9.90 Å². The van der Waals surface area contributed by atoms with Crippen LogP contribution < -0.4 is 0 Å². The third kappa shape index (κ3) is 6.01. The first-order valence-electron chi connectivity index (χ1n) is 11.0. The third-order valence-corrected chi connectivity index (χ3v) is 6.58. The summed E-state index contributed by atoms with van der Waals surface area (Å²) >= 11 is 0. The van der Waals surface area contributed by atoms with E-state index in [-0.39, 0.29) is 12.5 Å². The molecule has 0 aliphatic carbocycles. The molecule has 0 bridgehead atoms. The lowest BCUT2D eigenvalue weighted by Gasteiger charge is -2.41. The predicted octanol–water partition coefficient (Wildman–Crippen LogP) is 1.60. The Kier molecular flexibility index (Phi) is 8.07. The van der Waals surface area contributed by atoms with Gasteiger partial charge in [-0.3, -0.25) is 9.69 Å². The quantitative estimate of drug-likeness (QED) is 0.751. The van der Waals surface area contributed by atoms with E-state index in [1.54, 1.807) is 0 Å². The summed E-state index contributed by atoms with van der Waals surface area (Å²) in [4.78, 5) is 22.2. The zero-order valence-corrected chi connectivity index (χ0v) is 18.4. The highest BCUT2D eigenvalue weighted by atomic mass is 16.3. The van der Waals surface area contributed by atoms with Gasteiger partial charge in [0.15, 0.2) is 0 Å². The van der Waals surface area contributed by atoms with E-state index < -0.39 is 0 Å². The lowest BCUT2D eigenvalue weighted by Crippen LogP contribution is -2.50. The van der Waals surface area contributed by atoms with E-state index in [1.807, 2.05) is 17.0 Å². The molecule has 2 aliphatic rings. The molecule has 0 aromatic heterocycles. The number of likely N-dealkylation sites (N-methyl/N-ethyl adjacent to an activating group) is 1. The average molecular weight is 403 g/mol. The second-order valence-electron chi connectivity index (χ2n) is 8.97. The predicted molar refractivity (Wildman–Crippen MR) is 117 cm³/mol.